The fourth-order valence-corrected chi connectivity index (χ4v) is 1.57. The van der Waals surface area contributed by atoms with Gasteiger partial charge in [0, 0.05) is 7.05 Å². The zero-order valence-corrected chi connectivity index (χ0v) is 11.1. The van der Waals surface area contributed by atoms with E-state index in [-0.39, 0.29) is 0 Å². The summed E-state index contributed by atoms with van der Waals surface area (Å²) >= 11 is 0. The highest BCUT2D eigenvalue weighted by Crippen LogP contribution is 2.15. The summed E-state index contributed by atoms with van der Waals surface area (Å²) in [7, 11) is 1.38. The predicted octanol–water partition coefficient (Wildman–Crippen LogP) is 3.20. The molecule has 0 atom stereocenters. The third-order valence-corrected chi connectivity index (χ3v) is 2.45. The van der Waals surface area contributed by atoms with Crippen LogP contribution in [-0.4, -0.2) is 19.2 Å². The van der Waals surface area contributed by atoms with Crippen LogP contribution < -0.4 is 0 Å². The summed E-state index contributed by atoms with van der Waals surface area (Å²) < 4.78 is 0. The van der Waals surface area contributed by atoms with E-state index < -0.39 is 0 Å². The van der Waals surface area contributed by atoms with E-state index in [1.807, 2.05) is 42.5 Å². The van der Waals surface area contributed by atoms with Crippen molar-refractivity contribution >= 4 is 17.8 Å². The van der Waals surface area contributed by atoms with Gasteiger partial charge in [0.2, 0.25) is 12.2 Å². The number of hydrogen-bond acceptors (Lipinski definition) is 4. The number of nitrogens with zero attached hydrogens (tertiary/aromatic N) is 2. The Hall–Kier alpha value is -2.80. The van der Waals surface area contributed by atoms with Crippen molar-refractivity contribution in [1.29, 1.82) is 0 Å². The molecule has 2 aromatic carbocycles. The van der Waals surface area contributed by atoms with Gasteiger partial charge in [0.25, 0.3) is 0 Å². The molecule has 4 heteroatoms. The van der Waals surface area contributed by atoms with E-state index in [2.05, 4.69) is 22.1 Å². The summed E-state index contributed by atoms with van der Waals surface area (Å²) in [5.74, 6) is 0. The van der Waals surface area contributed by atoms with E-state index in [1.54, 1.807) is 0 Å². The van der Waals surface area contributed by atoms with E-state index in [4.69, 9.17) is 4.79 Å². The molecule has 0 aliphatic heterocycles. The third kappa shape index (κ3) is 5.69. The second-order valence-electron chi connectivity index (χ2n) is 3.85. The smallest absolute Gasteiger partial charge is 0.211 e. The first-order valence-corrected chi connectivity index (χ1v) is 5.97. The van der Waals surface area contributed by atoms with Crippen molar-refractivity contribution in [2.45, 2.75) is 6.42 Å². The van der Waals surface area contributed by atoms with E-state index in [0.29, 0.717) is 5.69 Å². The maximum atomic E-state index is 10.1. The van der Waals surface area contributed by atoms with Crippen LogP contribution in [0.4, 0.5) is 5.69 Å². The summed E-state index contributed by atoms with van der Waals surface area (Å²) in [5, 5.41) is 0. The Bertz CT molecular complexity index is 609. The minimum absolute atomic E-state index is 0.645. The van der Waals surface area contributed by atoms with Crippen molar-refractivity contribution in [1.82, 2.24) is 0 Å². The molecule has 0 amide bonds. The molecular formula is C16H14N2O2. The molecule has 0 spiro atoms. The van der Waals surface area contributed by atoms with E-state index >= 15 is 0 Å². The second-order valence-corrected chi connectivity index (χ2v) is 3.85. The van der Waals surface area contributed by atoms with Crippen LogP contribution in [0.15, 0.2) is 64.6 Å². The van der Waals surface area contributed by atoms with Gasteiger partial charge >= 0.3 is 0 Å². The number of hydrogen-bond donors (Lipinski definition) is 0. The summed E-state index contributed by atoms with van der Waals surface area (Å²) in [4.78, 5) is 25.4. The maximum Gasteiger partial charge on any atom is 0.240 e. The van der Waals surface area contributed by atoms with Crippen molar-refractivity contribution in [2.75, 3.05) is 7.05 Å². The van der Waals surface area contributed by atoms with Crippen LogP contribution in [0.5, 0.6) is 0 Å². The van der Waals surface area contributed by atoms with Crippen molar-refractivity contribution in [3.8, 4) is 0 Å². The Morgan fingerprint density at radius 1 is 0.850 bits per heavy atom. The van der Waals surface area contributed by atoms with Gasteiger partial charge in [-0.05, 0) is 29.7 Å². The number of benzene rings is 2. The molecule has 0 saturated carbocycles. The Morgan fingerprint density at radius 3 is 1.90 bits per heavy atom. The lowest BCUT2D eigenvalue weighted by Crippen LogP contribution is -1.86. The number of rotatable bonds is 3. The predicted molar refractivity (Wildman–Crippen MR) is 77.5 cm³/mol. The van der Waals surface area contributed by atoms with Gasteiger partial charge in [-0.15, -0.1) is 0 Å². The van der Waals surface area contributed by atoms with Gasteiger partial charge in [0.05, 0.1) is 5.69 Å². The Morgan fingerprint density at radius 2 is 1.40 bits per heavy atom. The topological polar surface area (TPSA) is 58.9 Å². The van der Waals surface area contributed by atoms with E-state index in [1.165, 1.54) is 30.3 Å². The number of isocyanates is 2. The van der Waals surface area contributed by atoms with Crippen LogP contribution in [0.3, 0.4) is 0 Å². The zero-order valence-electron chi connectivity index (χ0n) is 11.1. The normalized spacial score (nSPS) is 8.45. The van der Waals surface area contributed by atoms with Crippen molar-refractivity contribution in [3.63, 3.8) is 0 Å². The average molecular weight is 266 g/mol. The molecule has 0 aliphatic rings. The monoisotopic (exact) mass is 266 g/mol. The SMILES string of the molecule is CN=C=O.O=C=Nc1ccc(Cc2ccccc2)cc1. The Kier molecular flexibility index (Phi) is 7.00. The molecule has 0 aliphatic carbocycles. The Labute approximate surface area is 117 Å². The van der Waals surface area contributed by atoms with E-state index in [0.717, 1.165) is 6.42 Å². The van der Waals surface area contributed by atoms with Crippen LogP contribution in [0, 0.1) is 0 Å². The van der Waals surface area contributed by atoms with Crippen molar-refractivity contribution in [2.24, 2.45) is 9.98 Å². The lowest BCUT2D eigenvalue weighted by atomic mass is 10.1. The summed E-state index contributed by atoms with van der Waals surface area (Å²) in [6, 6.07) is 17.8. The molecule has 0 radical (unpaired) electrons. The quantitative estimate of drug-likeness (QED) is 0.632. The largest absolute Gasteiger partial charge is 0.240 e. The molecule has 0 fully saturated rings. The molecule has 2 rings (SSSR count). The first-order valence-electron chi connectivity index (χ1n) is 5.97. The van der Waals surface area contributed by atoms with Crippen LogP contribution in [-0.2, 0) is 16.0 Å². The van der Waals surface area contributed by atoms with Gasteiger partial charge in [-0.25, -0.2) is 14.6 Å². The first-order chi connectivity index (χ1) is 9.80. The molecular weight excluding hydrogens is 252 g/mol. The minimum atomic E-state index is 0.645. The highest BCUT2D eigenvalue weighted by molar-refractivity contribution is 5.49. The minimum Gasteiger partial charge on any atom is -0.211 e. The number of aliphatic imine (C=N–C) groups is 2. The van der Waals surface area contributed by atoms with Gasteiger partial charge < -0.3 is 0 Å². The van der Waals surface area contributed by atoms with Gasteiger partial charge in [-0.1, -0.05) is 42.5 Å². The summed E-state index contributed by atoms with van der Waals surface area (Å²) in [6.45, 7) is 0. The summed E-state index contributed by atoms with van der Waals surface area (Å²) in [5.41, 5.74) is 3.12. The average Bonchev–Trinajstić information content (AvgIpc) is 2.51. The third-order valence-electron chi connectivity index (χ3n) is 2.45. The molecule has 0 unspecified atom stereocenters. The maximum absolute atomic E-state index is 10.1. The highest BCUT2D eigenvalue weighted by atomic mass is 16.1. The number of carbonyl (C=O) groups excluding carboxylic acids is 2. The Balaban J connectivity index is 0.000000444. The molecule has 0 bridgehead atoms. The van der Waals surface area contributed by atoms with Crippen molar-refractivity contribution < 1.29 is 9.59 Å². The van der Waals surface area contributed by atoms with Crippen LogP contribution >= 0.6 is 0 Å². The molecule has 2 aromatic rings. The molecule has 20 heavy (non-hydrogen) atoms. The van der Waals surface area contributed by atoms with Gasteiger partial charge in [-0.3, -0.25) is 0 Å². The second kappa shape index (κ2) is 9.17. The van der Waals surface area contributed by atoms with Gasteiger partial charge in [0.15, 0.2) is 0 Å². The highest BCUT2D eigenvalue weighted by Gasteiger charge is 1.95. The van der Waals surface area contributed by atoms with E-state index in [9.17, 15) is 4.79 Å². The lowest BCUT2D eigenvalue weighted by molar-refractivity contribution is 0.564. The fraction of sp³-hybridized carbons (Fsp3) is 0.125. The molecule has 4 nitrogen and oxygen atoms in total. The van der Waals surface area contributed by atoms with Gasteiger partial charge in [0.1, 0.15) is 0 Å². The van der Waals surface area contributed by atoms with Gasteiger partial charge in [-0.2, -0.15) is 4.99 Å². The molecule has 0 aromatic heterocycles. The van der Waals surface area contributed by atoms with Crippen molar-refractivity contribution in [3.05, 3.63) is 65.7 Å². The molecule has 0 heterocycles. The summed E-state index contributed by atoms with van der Waals surface area (Å²) in [6.07, 6.45) is 3.73. The molecule has 0 saturated heterocycles. The standard InChI is InChI=1S/C14H11NO.C2H3NO/c16-11-15-14-8-6-13(7-9-14)10-12-4-2-1-3-5-12;1-3-2-4/h1-9H,10H2;1H3. The lowest BCUT2D eigenvalue weighted by Gasteiger charge is -2.01. The van der Waals surface area contributed by atoms with Crippen LogP contribution in [0.2, 0.25) is 0 Å². The fourth-order valence-electron chi connectivity index (χ4n) is 1.57. The molecule has 0 N–H and O–H groups in total. The first kappa shape index (κ1) is 15.3. The molecule has 100 valence electrons. The van der Waals surface area contributed by atoms with Crippen LogP contribution in [0.25, 0.3) is 0 Å². The zero-order chi connectivity index (χ0) is 14.6. The van der Waals surface area contributed by atoms with Crippen LogP contribution in [0.1, 0.15) is 11.1 Å².